The molecular formula is C14H14N2O4S. The minimum atomic E-state index is -0.993. The molecule has 0 spiro atoms. The van der Waals surface area contributed by atoms with Gasteiger partial charge in [-0.3, -0.25) is 9.59 Å². The maximum atomic E-state index is 12.0. The third-order valence-corrected chi connectivity index (χ3v) is 4.08. The first-order chi connectivity index (χ1) is 9.99. The summed E-state index contributed by atoms with van der Waals surface area (Å²) in [6, 6.07) is 5.69. The van der Waals surface area contributed by atoms with Crippen LogP contribution in [0.4, 0.5) is 0 Å². The highest BCUT2D eigenvalue weighted by molar-refractivity contribution is 7.99. The zero-order valence-corrected chi connectivity index (χ0v) is 11.9. The lowest BCUT2D eigenvalue weighted by molar-refractivity contribution is -0.146. The largest absolute Gasteiger partial charge is 0.480 e. The molecule has 1 aliphatic rings. The van der Waals surface area contributed by atoms with Crippen molar-refractivity contribution in [3.05, 3.63) is 41.5 Å². The van der Waals surface area contributed by atoms with E-state index in [1.165, 1.54) is 22.7 Å². The molecule has 1 saturated heterocycles. The number of carboxylic acid groups (broad SMARTS) is 1. The van der Waals surface area contributed by atoms with E-state index in [1.807, 2.05) is 0 Å². The summed E-state index contributed by atoms with van der Waals surface area (Å²) < 4.78 is 0. The second kappa shape index (κ2) is 6.45. The van der Waals surface area contributed by atoms with Gasteiger partial charge in [0.2, 0.25) is 11.8 Å². The van der Waals surface area contributed by atoms with Crippen LogP contribution in [0.2, 0.25) is 0 Å². The van der Waals surface area contributed by atoms with Gasteiger partial charge in [0.15, 0.2) is 0 Å². The van der Waals surface area contributed by atoms with Crippen LogP contribution in [0.5, 0.6) is 0 Å². The SMILES string of the molecule is NC(=O)c1ccc(/C=C/C(=O)N2CSC[C@H]2C(=O)O)cc1. The minimum Gasteiger partial charge on any atom is -0.480 e. The molecule has 0 aromatic heterocycles. The average Bonchev–Trinajstić information content (AvgIpc) is 2.95. The Morgan fingerprint density at radius 2 is 1.95 bits per heavy atom. The van der Waals surface area contributed by atoms with Gasteiger partial charge in [0.05, 0.1) is 5.88 Å². The number of primary amides is 1. The lowest BCUT2D eigenvalue weighted by Gasteiger charge is -2.18. The smallest absolute Gasteiger partial charge is 0.327 e. The number of thioether (sulfide) groups is 1. The van der Waals surface area contributed by atoms with Gasteiger partial charge in [0.25, 0.3) is 0 Å². The van der Waals surface area contributed by atoms with Gasteiger partial charge in [-0.25, -0.2) is 4.79 Å². The van der Waals surface area contributed by atoms with E-state index in [-0.39, 0.29) is 5.91 Å². The summed E-state index contributed by atoms with van der Waals surface area (Å²) in [6.45, 7) is 0. The van der Waals surface area contributed by atoms with Crippen LogP contribution in [0.15, 0.2) is 30.3 Å². The number of carbonyl (C=O) groups excluding carboxylic acids is 2. The third kappa shape index (κ3) is 3.63. The van der Waals surface area contributed by atoms with Crippen LogP contribution in [-0.4, -0.2) is 45.5 Å². The van der Waals surface area contributed by atoms with Crippen molar-refractivity contribution in [2.24, 2.45) is 5.73 Å². The van der Waals surface area contributed by atoms with Gasteiger partial charge < -0.3 is 15.7 Å². The Balaban J connectivity index is 2.05. The number of carbonyl (C=O) groups is 3. The molecule has 0 aliphatic carbocycles. The van der Waals surface area contributed by atoms with Gasteiger partial charge >= 0.3 is 5.97 Å². The molecule has 0 bridgehead atoms. The summed E-state index contributed by atoms with van der Waals surface area (Å²) >= 11 is 1.41. The van der Waals surface area contributed by atoms with Crippen LogP contribution in [0.3, 0.4) is 0 Å². The molecule has 7 heteroatoms. The van der Waals surface area contributed by atoms with Crippen LogP contribution in [0, 0.1) is 0 Å². The molecule has 2 amide bonds. The number of hydrogen-bond donors (Lipinski definition) is 2. The molecule has 21 heavy (non-hydrogen) atoms. The molecule has 1 aliphatic heterocycles. The molecule has 3 N–H and O–H groups in total. The van der Waals surface area contributed by atoms with Crippen molar-refractivity contribution in [3.8, 4) is 0 Å². The highest BCUT2D eigenvalue weighted by Gasteiger charge is 2.33. The maximum Gasteiger partial charge on any atom is 0.327 e. The molecule has 0 saturated carbocycles. The van der Waals surface area contributed by atoms with Gasteiger partial charge in [0, 0.05) is 17.4 Å². The summed E-state index contributed by atoms with van der Waals surface area (Å²) in [4.78, 5) is 35.3. The van der Waals surface area contributed by atoms with Crippen LogP contribution in [0.25, 0.3) is 6.08 Å². The number of benzene rings is 1. The van der Waals surface area contributed by atoms with E-state index in [4.69, 9.17) is 10.8 Å². The molecule has 1 fully saturated rings. The number of amides is 2. The second-order valence-electron chi connectivity index (χ2n) is 4.48. The molecule has 1 aromatic carbocycles. The summed E-state index contributed by atoms with van der Waals surface area (Å²) in [5, 5.41) is 9.03. The fourth-order valence-electron chi connectivity index (χ4n) is 1.89. The van der Waals surface area contributed by atoms with E-state index < -0.39 is 17.9 Å². The highest BCUT2D eigenvalue weighted by atomic mass is 32.2. The monoisotopic (exact) mass is 306 g/mol. The first-order valence-electron chi connectivity index (χ1n) is 6.18. The van der Waals surface area contributed by atoms with Gasteiger partial charge in [-0.1, -0.05) is 12.1 Å². The van der Waals surface area contributed by atoms with Gasteiger partial charge in [0.1, 0.15) is 6.04 Å². The zero-order chi connectivity index (χ0) is 15.4. The Labute approximate surface area is 125 Å². The normalized spacial score (nSPS) is 18.1. The number of aliphatic carboxylic acids is 1. The molecule has 2 rings (SSSR count). The fourth-order valence-corrected chi connectivity index (χ4v) is 3.04. The topological polar surface area (TPSA) is 101 Å². The van der Waals surface area contributed by atoms with E-state index in [1.54, 1.807) is 30.3 Å². The molecule has 1 atom stereocenters. The molecule has 6 nitrogen and oxygen atoms in total. The van der Waals surface area contributed by atoms with Crippen LogP contribution in [0.1, 0.15) is 15.9 Å². The second-order valence-corrected chi connectivity index (χ2v) is 5.48. The number of hydrogen-bond acceptors (Lipinski definition) is 4. The molecular weight excluding hydrogens is 292 g/mol. The fraction of sp³-hybridized carbons (Fsp3) is 0.214. The van der Waals surface area contributed by atoms with Crippen molar-refractivity contribution in [1.29, 1.82) is 0 Å². The van der Waals surface area contributed by atoms with Crippen molar-refractivity contribution < 1.29 is 19.5 Å². The van der Waals surface area contributed by atoms with Crippen molar-refractivity contribution in [3.63, 3.8) is 0 Å². The Kier molecular flexibility index (Phi) is 4.64. The summed E-state index contributed by atoms with van der Waals surface area (Å²) in [5.41, 5.74) is 6.25. The third-order valence-electron chi connectivity index (χ3n) is 3.06. The van der Waals surface area contributed by atoms with Gasteiger partial charge in [-0.05, 0) is 23.8 Å². The van der Waals surface area contributed by atoms with E-state index in [0.29, 0.717) is 17.2 Å². The first kappa shape index (κ1) is 15.1. The van der Waals surface area contributed by atoms with Crippen LogP contribution >= 0.6 is 11.8 Å². The summed E-state index contributed by atoms with van der Waals surface area (Å²) in [6.07, 6.45) is 2.91. The quantitative estimate of drug-likeness (QED) is 0.801. The predicted molar refractivity (Wildman–Crippen MR) is 79.6 cm³/mol. The highest BCUT2D eigenvalue weighted by Crippen LogP contribution is 2.21. The Hall–Kier alpha value is -2.28. The van der Waals surface area contributed by atoms with Gasteiger partial charge in [-0.2, -0.15) is 0 Å². The summed E-state index contributed by atoms with van der Waals surface area (Å²) in [5.74, 6) is -1.07. The van der Waals surface area contributed by atoms with E-state index in [9.17, 15) is 14.4 Å². The molecule has 0 radical (unpaired) electrons. The predicted octanol–water partition coefficient (Wildman–Crippen LogP) is 0.785. The van der Waals surface area contributed by atoms with Crippen molar-refractivity contribution in [1.82, 2.24) is 4.90 Å². The Morgan fingerprint density at radius 3 is 2.52 bits per heavy atom. The lowest BCUT2D eigenvalue weighted by Crippen LogP contribution is -2.40. The molecule has 110 valence electrons. The first-order valence-corrected chi connectivity index (χ1v) is 7.33. The van der Waals surface area contributed by atoms with Crippen LogP contribution in [-0.2, 0) is 9.59 Å². The number of nitrogens with two attached hydrogens (primary N) is 1. The van der Waals surface area contributed by atoms with E-state index >= 15 is 0 Å². The molecule has 1 heterocycles. The van der Waals surface area contributed by atoms with Gasteiger partial charge in [-0.15, -0.1) is 11.8 Å². The average molecular weight is 306 g/mol. The van der Waals surface area contributed by atoms with Crippen molar-refractivity contribution in [2.75, 3.05) is 11.6 Å². The van der Waals surface area contributed by atoms with Crippen molar-refractivity contribution in [2.45, 2.75) is 6.04 Å². The molecule has 1 aromatic rings. The van der Waals surface area contributed by atoms with E-state index in [0.717, 1.165) is 5.56 Å². The maximum absolute atomic E-state index is 12.0. The van der Waals surface area contributed by atoms with Crippen LogP contribution < -0.4 is 5.73 Å². The standard InChI is InChI=1S/C14H14N2O4S/c15-13(18)10-4-1-9(2-5-10)3-6-12(17)16-8-21-7-11(16)14(19)20/h1-6,11H,7-8H2,(H2,15,18)(H,19,20)/b6-3+/t11-/m0/s1. The number of nitrogens with zero attached hydrogens (tertiary/aromatic N) is 1. The summed E-state index contributed by atoms with van der Waals surface area (Å²) in [7, 11) is 0. The zero-order valence-electron chi connectivity index (χ0n) is 11.1. The number of rotatable bonds is 4. The van der Waals surface area contributed by atoms with Crippen molar-refractivity contribution >= 4 is 35.6 Å². The lowest BCUT2D eigenvalue weighted by atomic mass is 10.1. The number of carboxylic acids is 1. The molecule has 0 unspecified atom stereocenters. The minimum absolute atomic E-state index is 0.341. The Morgan fingerprint density at radius 1 is 1.29 bits per heavy atom. The van der Waals surface area contributed by atoms with E-state index in [2.05, 4.69) is 0 Å². The Bertz CT molecular complexity index is 597.